The Kier molecular flexibility index (Phi) is 5.65. The number of Topliss-reactive ketones (excluding diaryl/α,β-unsaturated/α-hetero) is 1. The van der Waals surface area contributed by atoms with E-state index in [0.29, 0.717) is 15.1 Å². The van der Waals surface area contributed by atoms with Crippen LogP contribution in [-0.2, 0) is 9.59 Å². The predicted octanol–water partition coefficient (Wildman–Crippen LogP) is 5.99. The average Bonchev–Trinajstić information content (AvgIpc) is 3.53. The molecule has 0 radical (unpaired) electrons. The van der Waals surface area contributed by atoms with E-state index in [2.05, 4.69) is 4.98 Å². The molecule has 0 spiro atoms. The summed E-state index contributed by atoms with van der Waals surface area (Å²) >= 11 is 14.5. The fourth-order valence-electron chi connectivity index (χ4n) is 3.69. The number of aromatic nitrogens is 1. The predicted molar refractivity (Wildman–Crippen MR) is 132 cm³/mol. The number of ketones is 1. The van der Waals surface area contributed by atoms with Gasteiger partial charge in [0.05, 0.1) is 31.4 Å². The van der Waals surface area contributed by atoms with Crippen LogP contribution in [0.15, 0.2) is 59.5 Å². The number of hydrogen-bond acceptors (Lipinski definition) is 7. The lowest BCUT2D eigenvalue weighted by Gasteiger charge is -2.21. The molecular formula is C23H12Cl2N2O5S2. The Bertz CT molecular complexity index is 1530. The Morgan fingerprint density at radius 2 is 1.76 bits per heavy atom. The molecule has 2 aromatic heterocycles. The van der Waals surface area contributed by atoms with Gasteiger partial charge < -0.3 is 10.2 Å². The molecule has 1 unspecified atom stereocenters. The first-order valence-corrected chi connectivity index (χ1v) is 12.1. The summed E-state index contributed by atoms with van der Waals surface area (Å²) in [6, 6.07) is 11.5. The molecule has 2 aromatic carbocycles. The van der Waals surface area contributed by atoms with E-state index in [1.165, 1.54) is 46.6 Å². The fraction of sp³-hybridized carbons (Fsp3) is 0.0435. The number of amides is 1. The highest BCUT2D eigenvalue weighted by atomic mass is 35.5. The molecule has 1 amide bonds. The third kappa shape index (κ3) is 3.67. The number of anilines is 1. The van der Waals surface area contributed by atoms with Crippen LogP contribution >= 0.6 is 45.9 Å². The molecule has 34 heavy (non-hydrogen) atoms. The minimum Gasteiger partial charge on any atom is -0.507 e. The molecule has 5 rings (SSSR count). The Labute approximate surface area is 210 Å². The number of carboxylic acid groups (broad SMARTS) is 1. The molecule has 0 aliphatic carbocycles. The minimum atomic E-state index is -1.09. The standard InChI is InChI=1S/C23H12Cl2N2O5S2/c24-12-5-3-10(8-13(12)25)19(28)17-18(15-2-1-7-33-15)27(21(30)20(17)29)23-26-14-6-4-11(22(31)32)9-16(14)34-23/h1-9,18,28H,(H,31,32)/b19-17+. The number of carbonyl (C=O) groups is 3. The van der Waals surface area contributed by atoms with E-state index in [0.717, 1.165) is 11.3 Å². The number of aliphatic hydroxyl groups is 1. The second kappa shape index (κ2) is 8.52. The summed E-state index contributed by atoms with van der Waals surface area (Å²) in [5.74, 6) is -3.19. The Balaban J connectivity index is 1.69. The van der Waals surface area contributed by atoms with E-state index < -0.39 is 23.7 Å². The molecular weight excluding hydrogens is 519 g/mol. The van der Waals surface area contributed by atoms with Crippen molar-refractivity contribution in [2.24, 2.45) is 0 Å². The van der Waals surface area contributed by atoms with Gasteiger partial charge in [0.2, 0.25) is 0 Å². The van der Waals surface area contributed by atoms with Gasteiger partial charge in [-0.05, 0) is 47.8 Å². The summed E-state index contributed by atoms with van der Waals surface area (Å²) in [5.41, 5.74) is 0.709. The van der Waals surface area contributed by atoms with Crippen molar-refractivity contribution in [2.75, 3.05) is 4.90 Å². The van der Waals surface area contributed by atoms with Gasteiger partial charge in [-0.25, -0.2) is 9.78 Å². The van der Waals surface area contributed by atoms with Crippen LogP contribution in [-0.4, -0.2) is 32.9 Å². The van der Waals surface area contributed by atoms with Gasteiger partial charge in [-0.15, -0.1) is 11.3 Å². The molecule has 2 N–H and O–H groups in total. The topological polar surface area (TPSA) is 108 Å². The summed E-state index contributed by atoms with van der Waals surface area (Å²) in [7, 11) is 0. The number of aliphatic hydroxyl groups excluding tert-OH is 1. The summed E-state index contributed by atoms with van der Waals surface area (Å²) in [5, 5.41) is 22.8. The second-order valence-corrected chi connectivity index (χ2v) is 10.1. The van der Waals surface area contributed by atoms with Gasteiger partial charge >= 0.3 is 11.9 Å². The number of thiazole rings is 1. The number of carboxylic acids is 1. The van der Waals surface area contributed by atoms with Gasteiger partial charge in [-0.3, -0.25) is 14.5 Å². The van der Waals surface area contributed by atoms with Crippen molar-refractivity contribution >= 4 is 84.6 Å². The monoisotopic (exact) mass is 530 g/mol. The van der Waals surface area contributed by atoms with E-state index in [1.807, 2.05) is 0 Å². The molecule has 7 nitrogen and oxygen atoms in total. The molecule has 1 fully saturated rings. The van der Waals surface area contributed by atoms with Crippen LogP contribution < -0.4 is 4.90 Å². The Morgan fingerprint density at radius 1 is 1.00 bits per heavy atom. The largest absolute Gasteiger partial charge is 0.507 e. The summed E-state index contributed by atoms with van der Waals surface area (Å²) in [6.45, 7) is 0. The molecule has 1 aliphatic heterocycles. The summed E-state index contributed by atoms with van der Waals surface area (Å²) in [6.07, 6.45) is 0. The first-order chi connectivity index (χ1) is 16.3. The minimum absolute atomic E-state index is 0.0826. The zero-order valence-electron chi connectivity index (χ0n) is 16.9. The summed E-state index contributed by atoms with van der Waals surface area (Å²) in [4.78, 5) is 44.0. The van der Waals surface area contributed by atoms with Crippen molar-refractivity contribution in [1.29, 1.82) is 0 Å². The molecule has 170 valence electrons. The third-order valence-electron chi connectivity index (χ3n) is 5.28. The molecule has 1 aliphatic rings. The van der Waals surface area contributed by atoms with Crippen molar-refractivity contribution in [1.82, 2.24) is 4.98 Å². The molecule has 3 heterocycles. The number of benzene rings is 2. The molecule has 4 aromatic rings. The van der Waals surface area contributed by atoms with Gasteiger partial charge in [0, 0.05) is 10.4 Å². The lowest BCUT2D eigenvalue weighted by atomic mass is 10.00. The van der Waals surface area contributed by atoms with Gasteiger partial charge in [-0.1, -0.05) is 40.6 Å². The fourth-order valence-corrected chi connectivity index (χ4v) is 5.85. The van der Waals surface area contributed by atoms with E-state index in [9.17, 15) is 24.6 Å². The lowest BCUT2D eigenvalue weighted by Crippen LogP contribution is -2.28. The number of halogens is 2. The van der Waals surface area contributed by atoms with Crippen LogP contribution in [0.2, 0.25) is 10.0 Å². The third-order valence-corrected chi connectivity index (χ3v) is 7.96. The second-order valence-electron chi connectivity index (χ2n) is 7.30. The maximum absolute atomic E-state index is 13.2. The average molecular weight is 531 g/mol. The maximum Gasteiger partial charge on any atom is 0.335 e. The SMILES string of the molecule is O=C1C(=O)N(c2nc3ccc(C(=O)O)cc3s2)C(c2cccs2)/C1=C(\O)c1ccc(Cl)c(Cl)c1. The highest BCUT2D eigenvalue weighted by molar-refractivity contribution is 7.22. The highest BCUT2D eigenvalue weighted by Crippen LogP contribution is 2.45. The van der Waals surface area contributed by atoms with Crippen LogP contribution in [0.1, 0.15) is 26.8 Å². The zero-order valence-corrected chi connectivity index (χ0v) is 20.0. The van der Waals surface area contributed by atoms with E-state index >= 15 is 0 Å². The normalized spacial score (nSPS) is 17.6. The van der Waals surface area contributed by atoms with Gasteiger partial charge in [0.15, 0.2) is 5.13 Å². The number of nitrogens with zero attached hydrogens (tertiary/aromatic N) is 2. The van der Waals surface area contributed by atoms with E-state index in [-0.39, 0.29) is 37.6 Å². The van der Waals surface area contributed by atoms with E-state index in [1.54, 1.807) is 23.6 Å². The Morgan fingerprint density at radius 3 is 2.44 bits per heavy atom. The molecule has 1 saturated heterocycles. The molecule has 0 saturated carbocycles. The van der Waals surface area contributed by atoms with Crippen LogP contribution in [0.3, 0.4) is 0 Å². The van der Waals surface area contributed by atoms with Crippen molar-refractivity contribution in [3.63, 3.8) is 0 Å². The number of thiophene rings is 1. The van der Waals surface area contributed by atoms with Crippen molar-refractivity contribution in [2.45, 2.75) is 6.04 Å². The van der Waals surface area contributed by atoms with Gasteiger partial charge in [0.25, 0.3) is 5.78 Å². The quantitative estimate of drug-likeness (QED) is 0.190. The molecule has 1 atom stereocenters. The maximum atomic E-state index is 13.2. The van der Waals surface area contributed by atoms with Crippen molar-refractivity contribution in [3.05, 3.63) is 85.5 Å². The van der Waals surface area contributed by atoms with Gasteiger partial charge in [0.1, 0.15) is 11.8 Å². The molecule has 11 heteroatoms. The summed E-state index contributed by atoms with van der Waals surface area (Å²) < 4.78 is 0.547. The number of rotatable bonds is 4. The van der Waals surface area contributed by atoms with Crippen LogP contribution in [0.4, 0.5) is 5.13 Å². The highest BCUT2D eigenvalue weighted by Gasteiger charge is 2.48. The number of fused-ring (bicyclic) bond motifs is 1. The van der Waals surface area contributed by atoms with Crippen molar-refractivity contribution in [3.8, 4) is 0 Å². The van der Waals surface area contributed by atoms with Crippen molar-refractivity contribution < 1.29 is 24.6 Å². The van der Waals surface area contributed by atoms with Crippen LogP contribution in [0, 0.1) is 0 Å². The van der Waals surface area contributed by atoms with Crippen LogP contribution in [0.25, 0.3) is 16.0 Å². The first-order valence-electron chi connectivity index (χ1n) is 9.70. The number of hydrogen-bond donors (Lipinski definition) is 2. The van der Waals surface area contributed by atoms with E-state index in [4.69, 9.17) is 23.2 Å². The zero-order chi connectivity index (χ0) is 24.1. The number of carbonyl (C=O) groups excluding carboxylic acids is 2. The Hall–Kier alpha value is -3.24. The smallest absolute Gasteiger partial charge is 0.335 e. The number of aromatic carboxylic acids is 1. The van der Waals surface area contributed by atoms with Gasteiger partial charge in [-0.2, -0.15) is 0 Å². The van der Waals surface area contributed by atoms with Crippen LogP contribution in [0.5, 0.6) is 0 Å². The first kappa shape index (κ1) is 22.5. The lowest BCUT2D eigenvalue weighted by molar-refractivity contribution is -0.132. The molecule has 0 bridgehead atoms.